The van der Waals surface area contributed by atoms with E-state index in [4.69, 9.17) is 20.9 Å². The average Bonchev–Trinajstić information content (AvgIpc) is 3.65. The monoisotopic (exact) mass is 596 g/mol. The molecular formula is C28H34BClN6O6. The molecular weight excluding hydrogens is 563 g/mol. The lowest BCUT2D eigenvalue weighted by atomic mass is 9.82. The second-order valence-corrected chi connectivity index (χ2v) is 10.6. The van der Waals surface area contributed by atoms with E-state index >= 15 is 0 Å². The van der Waals surface area contributed by atoms with Gasteiger partial charge in [0.2, 0.25) is 0 Å². The van der Waals surface area contributed by atoms with Crippen molar-refractivity contribution in [2.24, 2.45) is 14.1 Å². The van der Waals surface area contributed by atoms with E-state index in [-0.39, 0.29) is 29.4 Å². The molecule has 1 saturated heterocycles. The minimum Gasteiger partial charge on any atom is -0.465 e. The molecule has 1 aliphatic rings. The minimum absolute atomic E-state index is 0.284. The maximum absolute atomic E-state index is 11.3. The number of hydrogen-bond donors (Lipinski definition) is 0. The number of carbonyl (C=O) groups is 2. The lowest BCUT2D eigenvalue weighted by Gasteiger charge is -2.32. The van der Waals surface area contributed by atoms with Crippen LogP contribution in [0.4, 0.5) is 0 Å². The molecule has 0 spiro atoms. The molecule has 42 heavy (non-hydrogen) atoms. The summed E-state index contributed by atoms with van der Waals surface area (Å²) in [6.45, 7) is 8.18. The number of rotatable bonds is 4. The van der Waals surface area contributed by atoms with E-state index in [9.17, 15) is 9.59 Å². The third-order valence-electron chi connectivity index (χ3n) is 6.58. The summed E-state index contributed by atoms with van der Waals surface area (Å²) in [4.78, 5) is 30.1. The van der Waals surface area contributed by atoms with Crippen molar-refractivity contribution in [3.05, 3.63) is 77.7 Å². The van der Waals surface area contributed by atoms with Crippen LogP contribution < -0.4 is 5.46 Å². The number of carbonyl (C=O) groups excluding carboxylic acids is 2. The van der Waals surface area contributed by atoms with Crippen LogP contribution in [0, 0.1) is 0 Å². The van der Waals surface area contributed by atoms with Crippen LogP contribution in [0.25, 0.3) is 11.3 Å². The first-order chi connectivity index (χ1) is 19.8. The molecule has 5 rings (SSSR count). The molecule has 4 aromatic rings. The first-order valence-corrected chi connectivity index (χ1v) is 13.2. The summed E-state index contributed by atoms with van der Waals surface area (Å²) in [6, 6.07) is 6.29. The molecule has 0 atom stereocenters. The number of nitrogens with zero attached hydrogens (tertiary/aromatic N) is 6. The summed E-state index contributed by atoms with van der Waals surface area (Å²) in [6.07, 6.45) is 10.3. The van der Waals surface area contributed by atoms with Gasteiger partial charge in [0.1, 0.15) is 5.15 Å². The number of hydrogen-bond acceptors (Lipinski definition) is 10. The Morgan fingerprint density at radius 3 is 1.83 bits per heavy atom. The lowest BCUT2D eigenvalue weighted by Crippen LogP contribution is -2.41. The zero-order valence-electron chi connectivity index (χ0n) is 24.9. The molecule has 14 heteroatoms. The largest absolute Gasteiger partial charge is 0.498 e. The van der Waals surface area contributed by atoms with Crippen molar-refractivity contribution in [2.45, 2.75) is 38.9 Å². The topological polar surface area (TPSA) is 132 Å². The molecule has 5 heterocycles. The highest BCUT2D eigenvalue weighted by atomic mass is 35.5. The number of halogens is 1. The molecule has 4 aromatic heterocycles. The molecule has 1 aliphatic heterocycles. The zero-order valence-corrected chi connectivity index (χ0v) is 25.6. The van der Waals surface area contributed by atoms with E-state index in [0.717, 1.165) is 11.0 Å². The van der Waals surface area contributed by atoms with Crippen molar-refractivity contribution in [3.8, 4) is 11.3 Å². The second kappa shape index (κ2) is 13.7. The Hall–Kier alpha value is -4.07. The maximum atomic E-state index is 11.3. The quantitative estimate of drug-likeness (QED) is 0.196. The summed E-state index contributed by atoms with van der Waals surface area (Å²) >= 11 is 5.53. The standard InChI is InChI=1S/C11H11N3O2.C10H17BN2O2.C7H6ClNO2/c1-14-7-9(6-13-14)10-5-8(3-4-12-10)11(15)16-2;1-9(2)10(3,4)15-11(14-9)8-6-12-13(5)7-8;1-11-7(10)5-2-3-9-6(8)4-5/h3-7H,1-2H3;6-7H,1-5H3;2-4H,1H3. The van der Waals surface area contributed by atoms with Gasteiger partial charge in [0.25, 0.3) is 0 Å². The highest BCUT2D eigenvalue weighted by Gasteiger charge is 2.52. The number of ether oxygens (including phenoxy) is 2. The fraction of sp³-hybridized carbons (Fsp3) is 0.357. The van der Waals surface area contributed by atoms with Gasteiger partial charge in [0, 0.05) is 56.1 Å². The normalized spacial score (nSPS) is 14.6. The van der Waals surface area contributed by atoms with Crippen molar-refractivity contribution >= 4 is 36.1 Å². The van der Waals surface area contributed by atoms with E-state index < -0.39 is 5.97 Å². The Morgan fingerprint density at radius 1 is 0.833 bits per heavy atom. The van der Waals surface area contributed by atoms with Crippen LogP contribution >= 0.6 is 11.6 Å². The van der Waals surface area contributed by atoms with Crippen LogP contribution in [0.15, 0.2) is 61.4 Å². The first kappa shape index (κ1) is 32.4. The molecule has 0 saturated carbocycles. The molecule has 0 aromatic carbocycles. The van der Waals surface area contributed by atoms with Crippen molar-refractivity contribution in [2.75, 3.05) is 14.2 Å². The number of methoxy groups -OCH3 is 2. The van der Waals surface area contributed by atoms with Gasteiger partial charge in [0.05, 0.1) is 48.4 Å². The fourth-order valence-corrected chi connectivity index (χ4v) is 3.75. The van der Waals surface area contributed by atoms with Crippen molar-refractivity contribution in [1.29, 1.82) is 0 Å². The van der Waals surface area contributed by atoms with Gasteiger partial charge >= 0.3 is 19.1 Å². The van der Waals surface area contributed by atoms with Crippen LogP contribution in [-0.2, 0) is 32.9 Å². The highest BCUT2D eigenvalue weighted by molar-refractivity contribution is 6.62. The first-order valence-electron chi connectivity index (χ1n) is 12.8. The van der Waals surface area contributed by atoms with E-state index in [1.165, 1.54) is 32.5 Å². The van der Waals surface area contributed by atoms with Crippen LogP contribution in [-0.4, -0.2) is 74.0 Å². The molecule has 0 amide bonds. The maximum Gasteiger partial charge on any atom is 0.498 e. The lowest BCUT2D eigenvalue weighted by molar-refractivity contribution is 0.00578. The van der Waals surface area contributed by atoms with E-state index in [1.54, 1.807) is 40.1 Å². The zero-order chi connectivity index (χ0) is 31.1. The molecule has 222 valence electrons. The molecule has 0 unspecified atom stereocenters. The van der Waals surface area contributed by atoms with E-state index in [1.807, 2.05) is 54.2 Å². The highest BCUT2D eigenvalue weighted by Crippen LogP contribution is 2.36. The predicted octanol–water partition coefficient (Wildman–Crippen LogP) is 3.51. The van der Waals surface area contributed by atoms with Crippen LogP contribution in [0.5, 0.6) is 0 Å². The smallest absolute Gasteiger partial charge is 0.465 e. The SMILES string of the molecule is COC(=O)c1ccnc(-c2cnn(C)c2)c1.COC(=O)c1ccnc(Cl)c1.Cn1cc(B2OC(C)(C)C(C)(C)O2)cn1. The third-order valence-corrected chi connectivity index (χ3v) is 6.79. The summed E-state index contributed by atoms with van der Waals surface area (Å²) < 4.78 is 24.3. The number of aryl methyl sites for hydroxylation is 2. The molecule has 1 fully saturated rings. The Labute approximate surface area is 250 Å². The number of pyridine rings is 2. The third kappa shape index (κ3) is 8.24. The Bertz CT molecular complexity index is 1510. The predicted molar refractivity (Wildman–Crippen MR) is 157 cm³/mol. The molecule has 0 bridgehead atoms. The van der Waals surface area contributed by atoms with Gasteiger partial charge in [0.15, 0.2) is 0 Å². The summed E-state index contributed by atoms with van der Waals surface area (Å²) in [5.74, 6) is -0.776. The van der Waals surface area contributed by atoms with Gasteiger partial charge in [-0.3, -0.25) is 14.3 Å². The van der Waals surface area contributed by atoms with Gasteiger partial charge in [-0.05, 0) is 52.0 Å². The summed E-state index contributed by atoms with van der Waals surface area (Å²) in [7, 11) is 6.08. The van der Waals surface area contributed by atoms with Gasteiger partial charge < -0.3 is 18.8 Å². The van der Waals surface area contributed by atoms with Crippen molar-refractivity contribution < 1.29 is 28.4 Å². The van der Waals surface area contributed by atoms with E-state index in [0.29, 0.717) is 16.8 Å². The second-order valence-electron chi connectivity index (χ2n) is 10.2. The van der Waals surface area contributed by atoms with Gasteiger partial charge in [-0.2, -0.15) is 10.2 Å². The molecule has 0 N–H and O–H groups in total. The Kier molecular flexibility index (Phi) is 10.6. The van der Waals surface area contributed by atoms with E-state index in [2.05, 4.69) is 29.6 Å². The number of aromatic nitrogens is 6. The van der Waals surface area contributed by atoms with Crippen LogP contribution in [0.2, 0.25) is 5.15 Å². The average molecular weight is 597 g/mol. The van der Waals surface area contributed by atoms with Crippen LogP contribution in [0.1, 0.15) is 48.4 Å². The Balaban J connectivity index is 0.000000176. The summed E-state index contributed by atoms with van der Waals surface area (Å²) in [5, 5.41) is 8.45. The molecule has 0 radical (unpaired) electrons. The molecule has 0 aliphatic carbocycles. The fourth-order valence-electron chi connectivity index (χ4n) is 3.58. The number of esters is 2. The Morgan fingerprint density at radius 2 is 1.36 bits per heavy atom. The van der Waals surface area contributed by atoms with Gasteiger partial charge in [-0.15, -0.1) is 0 Å². The molecule has 12 nitrogen and oxygen atoms in total. The summed E-state index contributed by atoms with van der Waals surface area (Å²) in [5.41, 5.74) is 2.87. The minimum atomic E-state index is -0.408. The van der Waals surface area contributed by atoms with Gasteiger partial charge in [-0.25, -0.2) is 14.6 Å². The van der Waals surface area contributed by atoms with Crippen molar-refractivity contribution in [1.82, 2.24) is 29.5 Å². The van der Waals surface area contributed by atoms with Gasteiger partial charge in [-0.1, -0.05) is 11.6 Å². The van der Waals surface area contributed by atoms with Crippen LogP contribution in [0.3, 0.4) is 0 Å². The van der Waals surface area contributed by atoms with Crippen molar-refractivity contribution in [3.63, 3.8) is 0 Å².